The highest BCUT2D eigenvalue weighted by Crippen LogP contribution is 2.22. The maximum Gasteiger partial charge on any atom is 0.342 e. The molecular weight excluding hydrogens is 455 g/mol. The summed E-state index contributed by atoms with van der Waals surface area (Å²) in [6.45, 7) is 1.85. The van der Waals surface area contributed by atoms with E-state index in [9.17, 15) is 14.0 Å². The fourth-order valence-electron chi connectivity index (χ4n) is 3.12. The summed E-state index contributed by atoms with van der Waals surface area (Å²) in [5.74, 6) is -1.08. The average Bonchev–Trinajstić information content (AvgIpc) is 3.28. The van der Waals surface area contributed by atoms with Gasteiger partial charge in [-0.05, 0) is 42.8 Å². The maximum atomic E-state index is 14.0. The number of carbonyl (C=O) groups excluding carboxylic acids is 2. The summed E-state index contributed by atoms with van der Waals surface area (Å²) in [6.07, 6.45) is 1.61. The number of nitrogens with one attached hydrogen (secondary N) is 2. The highest BCUT2D eigenvalue weighted by Gasteiger charge is 2.16. The Morgan fingerprint density at radius 3 is 2.59 bits per heavy atom. The van der Waals surface area contributed by atoms with Gasteiger partial charge in [-0.25, -0.2) is 19.2 Å². The molecule has 0 aliphatic heterocycles. The fourth-order valence-corrected chi connectivity index (χ4v) is 3.90. The number of pyridine rings is 1. The summed E-state index contributed by atoms with van der Waals surface area (Å²) in [4.78, 5) is 33.5. The standard InChI is InChI=1S/C25H21FN4O3S/c1-16-7-2-4-10-20(16)29-22(31)13-23-28-17(15-34-23)14-33-25(32)18-8-6-12-27-24(18)30-21-11-5-3-9-19(21)26/h2-12,15H,13-14H2,1H3,(H,27,30)(H,29,31). The number of anilines is 3. The zero-order valence-corrected chi connectivity index (χ0v) is 19.1. The van der Waals surface area contributed by atoms with E-state index in [1.165, 1.54) is 23.6 Å². The molecule has 9 heteroatoms. The lowest BCUT2D eigenvalue weighted by molar-refractivity contribution is -0.115. The number of para-hydroxylation sites is 2. The van der Waals surface area contributed by atoms with Crippen molar-refractivity contribution in [1.29, 1.82) is 0 Å². The van der Waals surface area contributed by atoms with Gasteiger partial charge in [-0.2, -0.15) is 0 Å². The number of thiazole rings is 1. The normalized spacial score (nSPS) is 10.5. The van der Waals surface area contributed by atoms with Crippen molar-refractivity contribution in [3.8, 4) is 0 Å². The van der Waals surface area contributed by atoms with Crippen LogP contribution >= 0.6 is 11.3 Å². The zero-order valence-electron chi connectivity index (χ0n) is 18.2. The van der Waals surface area contributed by atoms with Gasteiger partial charge in [-0.15, -0.1) is 11.3 Å². The fraction of sp³-hybridized carbons (Fsp3) is 0.120. The first kappa shape index (κ1) is 23.1. The predicted octanol–water partition coefficient (Wildman–Crippen LogP) is 5.27. The molecule has 0 bridgehead atoms. The molecule has 2 aromatic carbocycles. The third-order valence-electron chi connectivity index (χ3n) is 4.84. The van der Waals surface area contributed by atoms with E-state index < -0.39 is 11.8 Å². The number of aromatic nitrogens is 2. The molecule has 2 heterocycles. The van der Waals surface area contributed by atoms with Crippen LogP contribution in [0.3, 0.4) is 0 Å². The van der Waals surface area contributed by atoms with Gasteiger partial charge in [0, 0.05) is 17.3 Å². The molecule has 2 aromatic heterocycles. The molecule has 0 radical (unpaired) electrons. The lowest BCUT2D eigenvalue weighted by Crippen LogP contribution is -2.15. The van der Waals surface area contributed by atoms with Crippen LogP contribution in [-0.4, -0.2) is 21.8 Å². The Balaban J connectivity index is 1.35. The zero-order chi connectivity index (χ0) is 23.9. The molecule has 2 N–H and O–H groups in total. The molecule has 1 amide bonds. The molecule has 0 spiro atoms. The minimum Gasteiger partial charge on any atom is -0.455 e. The summed E-state index contributed by atoms with van der Waals surface area (Å²) >= 11 is 1.32. The smallest absolute Gasteiger partial charge is 0.342 e. The Morgan fingerprint density at radius 1 is 1.03 bits per heavy atom. The first-order chi connectivity index (χ1) is 16.5. The third-order valence-corrected chi connectivity index (χ3v) is 5.73. The molecule has 7 nitrogen and oxygen atoms in total. The molecule has 0 saturated carbocycles. The summed E-state index contributed by atoms with van der Waals surface area (Å²) in [5.41, 5.74) is 2.63. The summed E-state index contributed by atoms with van der Waals surface area (Å²) in [7, 11) is 0. The first-order valence-corrected chi connectivity index (χ1v) is 11.3. The Morgan fingerprint density at radius 2 is 1.79 bits per heavy atom. The third kappa shape index (κ3) is 5.81. The van der Waals surface area contributed by atoms with Crippen LogP contribution in [-0.2, 0) is 22.6 Å². The minimum atomic E-state index is -0.626. The number of hydrogen-bond acceptors (Lipinski definition) is 7. The lowest BCUT2D eigenvalue weighted by atomic mass is 10.2. The summed E-state index contributed by atoms with van der Waals surface area (Å²) < 4.78 is 19.4. The van der Waals surface area contributed by atoms with E-state index in [0.717, 1.165) is 11.3 Å². The van der Waals surface area contributed by atoms with Crippen molar-refractivity contribution in [3.63, 3.8) is 0 Å². The van der Waals surface area contributed by atoms with Crippen LogP contribution in [0, 0.1) is 12.7 Å². The van der Waals surface area contributed by atoms with Crippen molar-refractivity contribution < 1.29 is 18.7 Å². The monoisotopic (exact) mass is 476 g/mol. The largest absolute Gasteiger partial charge is 0.455 e. The number of aryl methyl sites for hydroxylation is 1. The number of halogens is 1. The Bertz CT molecular complexity index is 1320. The topological polar surface area (TPSA) is 93.2 Å². The lowest BCUT2D eigenvalue weighted by Gasteiger charge is -2.11. The maximum absolute atomic E-state index is 14.0. The van der Waals surface area contributed by atoms with Crippen LogP contribution in [0.1, 0.15) is 26.6 Å². The van der Waals surface area contributed by atoms with Crippen molar-refractivity contribution in [2.75, 3.05) is 10.6 Å². The number of carbonyl (C=O) groups is 2. The van der Waals surface area contributed by atoms with Crippen molar-refractivity contribution in [3.05, 3.63) is 99.9 Å². The van der Waals surface area contributed by atoms with Crippen LogP contribution in [0.2, 0.25) is 0 Å². The highest BCUT2D eigenvalue weighted by atomic mass is 32.1. The second-order valence-electron chi connectivity index (χ2n) is 7.35. The Kier molecular flexibility index (Phi) is 7.24. The van der Waals surface area contributed by atoms with Crippen LogP contribution in [0.4, 0.5) is 21.6 Å². The SMILES string of the molecule is Cc1ccccc1NC(=O)Cc1nc(COC(=O)c2cccnc2Nc2ccccc2F)cs1. The van der Waals surface area contributed by atoms with Crippen molar-refractivity contribution in [2.24, 2.45) is 0 Å². The second kappa shape index (κ2) is 10.7. The number of hydrogen-bond donors (Lipinski definition) is 2. The molecule has 0 aliphatic rings. The molecule has 0 aliphatic carbocycles. The molecule has 4 aromatic rings. The first-order valence-electron chi connectivity index (χ1n) is 10.4. The molecule has 0 unspecified atom stereocenters. The quantitative estimate of drug-likeness (QED) is 0.337. The Hall–Kier alpha value is -4.11. The second-order valence-corrected chi connectivity index (χ2v) is 8.30. The Labute approximate surface area is 199 Å². The number of amides is 1. The van der Waals surface area contributed by atoms with Gasteiger partial charge >= 0.3 is 5.97 Å². The number of nitrogens with zero attached hydrogens (tertiary/aromatic N) is 2. The number of benzene rings is 2. The van der Waals surface area contributed by atoms with E-state index >= 15 is 0 Å². The van der Waals surface area contributed by atoms with Crippen LogP contribution in [0.15, 0.2) is 72.2 Å². The predicted molar refractivity (Wildman–Crippen MR) is 129 cm³/mol. The number of ether oxygens (including phenoxy) is 1. The van der Waals surface area contributed by atoms with Gasteiger partial charge < -0.3 is 15.4 Å². The number of esters is 1. The van der Waals surface area contributed by atoms with E-state index in [1.54, 1.807) is 35.7 Å². The molecule has 4 rings (SSSR count). The van der Waals surface area contributed by atoms with E-state index in [4.69, 9.17) is 4.74 Å². The average molecular weight is 477 g/mol. The van der Waals surface area contributed by atoms with Crippen molar-refractivity contribution in [2.45, 2.75) is 20.0 Å². The van der Waals surface area contributed by atoms with E-state index in [2.05, 4.69) is 20.6 Å². The number of rotatable bonds is 8. The van der Waals surface area contributed by atoms with Crippen molar-refractivity contribution >= 4 is 40.4 Å². The van der Waals surface area contributed by atoms with Gasteiger partial charge in [0.25, 0.3) is 0 Å². The van der Waals surface area contributed by atoms with E-state index in [1.807, 2.05) is 31.2 Å². The van der Waals surface area contributed by atoms with Crippen LogP contribution < -0.4 is 10.6 Å². The summed E-state index contributed by atoms with van der Waals surface area (Å²) in [5, 5.41) is 8.05. The van der Waals surface area contributed by atoms with E-state index in [0.29, 0.717) is 10.7 Å². The van der Waals surface area contributed by atoms with Gasteiger partial charge in [0.15, 0.2) is 0 Å². The van der Waals surface area contributed by atoms with Crippen LogP contribution in [0.5, 0.6) is 0 Å². The minimum absolute atomic E-state index is 0.0667. The molecule has 0 atom stereocenters. The molecule has 0 saturated heterocycles. The summed E-state index contributed by atoms with van der Waals surface area (Å²) in [6, 6.07) is 16.8. The van der Waals surface area contributed by atoms with Gasteiger partial charge in [0.2, 0.25) is 5.91 Å². The van der Waals surface area contributed by atoms with Crippen molar-refractivity contribution in [1.82, 2.24) is 9.97 Å². The van der Waals surface area contributed by atoms with Gasteiger partial charge in [0.05, 0.1) is 17.8 Å². The van der Waals surface area contributed by atoms with Crippen LogP contribution in [0.25, 0.3) is 0 Å². The van der Waals surface area contributed by atoms with Gasteiger partial charge in [-0.1, -0.05) is 30.3 Å². The van der Waals surface area contributed by atoms with Gasteiger partial charge in [-0.3, -0.25) is 4.79 Å². The molecule has 0 fully saturated rings. The molecular formula is C25H21FN4O3S. The van der Waals surface area contributed by atoms with E-state index in [-0.39, 0.29) is 36.0 Å². The molecule has 172 valence electrons. The van der Waals surface area contributed by atoms with Gasteiger partial charge in [0.1, 0.15) is 28.8 Å². The molecule has 34 heavy (non-hydrogen) atoms. The highest BCUT2D eigenvalue weighted by molar-refractivity contribution is 7.09.